The average Bonchev–Trinajstić information content (AvgIpc) is 2.24. The molecule has 3 N–H and O–H groups in total. The van der Waals surface area contributed by atoms with Gasteiger partial charge in [-0.15, -0.1) is 0 Å². The molecule has 1 unspecified atom stereocenters. The number of carbonyl (C=O) groups excluding carboxylic acids is 2. The van der Waals surface area contributed by atoms with E-state index >= 15 is 0 Å². The Hall–Kier alpha value is -1.10. The Labute approximate surface area is 91.0 Å². The van der Waals surface area contributed by atoms with E-state index < -0.39 is 0 Å². The van der Waals surface area contributed by atoms with Gasteiger partial charge in [0, 0.05) is 26.1 Å². The summed E-state index contributed by atoms with van der Waals surface area (Å²) >= 11 is 0. The quantitative estimate of drug-likeness (QED) is 0.639. The summed E-state index contributed by atoms with van der Waals surface area (Å²) in [5.74, 6) is -0.197. The summed E-state index contributed by atoms with van der Waals surface area (Å²) in [5, 5.41) is 2.57. The lowest BCUT2D eigenvalue weighted by Crippen LogP contribution is -2.44. The first-order valence-corrected chi connectivity index (χ1v) is 5.25. The van der Waals surface area contributed by atoms with Crippen molar-refractivity contribution < 1.29 is 9.59 Å². The van der Waals surface area contributed by atoms with Gasteiger partial charge in [0.1, 0.15) is 0 Å². The largest absolute Gasteiger partial charge is 0.347 e. The van der Waals surface area contributed by atoms with Crippen molar-refractivity contribution in [3.05, 3.63) is 0 Å². The molecule has 0 fully saturated rings. The third-order valence-corrected chi connectivity index (χ3v) is 2.31. The molecule has 0 aromatic carbocycles. The van der Waals surface area contributed by atoms with E-state index in [0.29, 0.717) is 13.0 Å². The Kier molecular flexibility index (Phi) is 6.70. The zero-order chi connectivity index (χ0) is 11.8. The van der Waals surface area contributed by atoms with Gasteiger partial charge in [0.15, 0.2) is 0 Å². The monoisotopic (exact) mass is 215 g/mol. The fourth-order valence-corrected chi connectivity index (χ4v) is 1.02. The van der Waals surface area contributed by atoms with Crippen molar-refractivity contribution in [1.29, 1.82) is 0 Å². The second kappa shape index (κ2) is 7.23. The first-order valence-electron chi connectivity index (χ1n) is 5.25. The van der Waals surface area contributed by atoms with Gasteiger partial charge in [0.05, 0.1) is 6.54 Å². The van der Waals surface area contributed by atoms with Crippen LogP contribution in [-0.2, 0) is 9.59 Å². The van der Waals surface area contributed by atoms with E-state index in [-0.39, 0.29) is 24.4 Å². The van der Waals surface area contributed by atoms with Crippen molar-refractivity contribution in [2.75, 3.05) is 20.1 Å². The molecule has 5 heteroatoms. The van der Waals surface area contributed by atoms with E-state index in [9.17, 15) is 9.59 Å². The molecule has 0 aromatic rings. The molecule has 0 aromatic heterocycles. The number of nitrogens with one attached hydrogen (secondary N) is 1. The molecule has 1 atom stereocenters. The summed E-state index contributed by atoms with van der Waals surface area (Å²) in [4.78, 5) is 24.2. The Morgan fingerprint density at radius 3 is 2.53 bits per heavy atom. The third-order valence-electron chi connectivity index (χ3n) is 2.31. The molecule has 0 rings (SSSR count). The number of amides is 2. The zero-order valence-corrected chi connectivity index (χ0v) is 9.75. The molecule has 5 nitrogen and oxygen atoms in total. The minimum atomic E-state index is -0.114. The smallest absolute Gasteiger partial charge is 0.241 e. The van der Waals surface area contributed by atoms with Gasteiger partial charge in [-0.25, -0.2) is 0 Å². The van der Waals surface area contributed by atoms with Crippen molar-refractivity contribution in [2.45, 2.75) is 32.7 Å². The second-order valence-corrected chi connectivity index (χ2v) is 3.62. The second-order valence-electron chi connectivity index (χ2n) is 3.62. The molecule has 0 bridgehead atoms. The Morgan fingerprint density at radius 1 is 1.47 bits per heavy atom. The van der Waals surface area contributed by atoms with Gasteiger partial charge in [-0.1, -0.05) is 6.92 Å². The summed E-state index contributed by atoms with van der Waals surface area (Å²) < 4.78 is 0. The topological polar surface area (TPSA) is 75.4 Å². The van der Waals surface area contributed by atoms with Crippen LogP contribution in [0, 0.1) is 0 Å². The normalized spacial score (nSPS) is 12.0. The van der Waals surface area contributed by atoms with Crippen molar-refractivity contribution in [1.82, 2.24) is 10.2 Å². The van der Waals surface area contributed by atoms with Crippen molar-refractivity contribution in [2.24, 2.45) is 5.73 Å². The molecule has 15 heavy (non-hydrogen) atoms. The van der Waals surface area contributed by atoms with Gasteiger partial charge < -0.3 is 16.0 Å². The van der Waals surface area contributed by atoms with Crippen LogP contribution in [0.4, 0.5) is 0 Å². The molecule has 0 heterocycles. The van der Waals surface area contributed by atoms with Crippen LogP contribution in [0.1, 0.15) is 26.7 Å². The zero-order valence-electron chi connectivity index (χ0n) is 9.75. The molecule has 0 aliphatic carbocycles. The van der Waals surface area contributed by atoms with E-state index in [1.807, 2.05) is 13.8 Å². The first-order chi connectivity index (χ1) is 7.02. The van der Waals surface area contributed by atoms with E-state index in [4.69, 9.17) is 5.73 Å². The summed E-state index contributed by atoms with van der Waals surface area (Å²) in [6.45, 7) is 4.26. The Morgan fingerprint density at radius 2 is 2.07 bits per heavy atom. The predicted molar refractivity (Wildman–Crippen MR) is 59.2 cm³/mol. The van der Waals surface area contributed by atoms with Gasteiger partial charge in [0.25, 0.3) is 0 Å². The highest BCUT2D eigenvalue weighted by Crippen LogP contribution is 1.93. The third kappa shape index (κ3) is 5.37. The van der Waals surface area contributed by atoms with Gasteiger partial charge in [-0.05, 0) is 13.3 Å². The number of rotatable bonds is 6. The van der Waals surface area contributed by atoms with Crippen LogP contribution in [0.25, 0.3) is 0 Å². The van der Waals surface area contributed by atoms with Gasteiger partial charge >= 0.3 is 0 Å². The fraction of sp³-hybridized carbons (Fsp3) is 0.800. The Balaban J connectivity index is 3.88. The summed E-state index contributed by atoms with van der Waals surface area (Å²) in [6.07, 6.45) is 1.25. The van der Waals surface area contributed by atoms with E-state index in [1.54, 1.807) is 11.9 Å². The van der Waals surface area contributed by atoms with Crippen molar-refractivity contribution >= 4 is 11.8 Å². The van der Waals surface area contributed by atoms with Crippen LogP contribution in [0.5, 0.6) is 0 Å². The maximum absolute atomic E-state index is 11.5. The van der Waals surface area contributed by atoms with Crippen LogP contribution >= 0.6 is 0 Å². The van der Waals surface area contributed by atoms with E-state index in [0.717, 1.165) is 6.42 Å². The van der Waals surface area contributed by atoms with Crippen LogP contribution in [-0.4, -0.2) is 42.9 Å². The maximum atomic E-state index is 11.5. The number of likely N-dealkylation sites (N-methyl/N-ethyl adjacent to an activating group) is 1. The molecule has 0 aliphatic heterocycles. The molecule has 0 aliphatic rings. The molecule has 0 radical (unpaired) electrons. The predicted octanol–water partition coefficient (Wildman–Crippen LogP) is -0.292. The first kappa shape index (κ1) is 13.9. The molecule has 2 amide bonds. The molecular weight excluding hydrogens is 194 g/mol. The lowest BCUT2D eigenvalue weighted by atomic mass is 10.3. The average molecular weight is 215 g/mol. The van der Waals surface area contributed by atoms with Crippen LogP contribution < -0.4 is 11.1 Å². The highest BCUT2D eigenvalue weighted by atomic mass is 16.2. The standard InChI is InChI=1S/C10H21N3O2/c1-4-5-9(14)12-7-10(15)13(3)8(2)6-11/h8H,4-7,11H2,1-3H3,(H,12,14). The van der Waals surface area contributed by atoms with Crippen LogP contribution in [0.15, 0.2) is 0 Å². The number of nitrogens with zero attached hydrogens (tertiary/aromatic N) is 1. The lowest BCUT2D eigenvalue weighted by Gasteiger charge is -2.23. The Bertz CT molecular complexity index is 219. The summed E-state index contributed by atoms with van der Waals surface area (Å²) in [7, 11) is 1.69. The van der Waals surface area contributed by atoms with E-state index in [1.165, 1.54) is 0 Å². The number of carbonyl (C=O) groups is 2. The SMILES string of the molecule is CCCC(=O)NCC(=O)N(C)C(C)CN. The van der Waals surface area contributed by atoms with Gasteiger partial charge in [0.2, 0.25) is 11.8 Å². The fourth-order valence-electron chi connectivity index (χ4n) is 1.02. The molecule has 0 spiro atoms. The highest BCUT2D eigenvalue weighted by molar-refractivity contribution is 5.84. The molecule has 88 valence electrons. The van der Waals surface area contributed by atoms with Crippen molar-refractivity contribution in [3.8, 4) is 0 Å². The van der Waals surface area contributed by atoms with Crippen molar-refractivity contribution in [3.63, 3.8) is 0 Å². The maximum Gasteiger partial charge on any atom is 0.241 e. The number of nitrogens with two attached hydrogens (primary N) is 1. The molecular formula is C10H21N3O2. The summed E-state index contributed by atoms with van der Waals surface area (Å²) in [6, 6.07) is 0.000534. The van der Waals surface area contributed by atoms with Crippen LogP contribution in [0.2, 0.25) is 0 Å². The number of hydrogen-bond donors (Lipinski definition) is 2. The molecule has 0 saturated carbocycles. The molecule has 0 saturated heterocycles. The van der Waals surface area contributed by atoms with E-state index in [2.05, 4.69) is 5.32 Å². The highest BCUT2D eigenvalue weighted by Gasteiger charge is 2.14. The number of hydrogen-bond acceptors (Lipinski definition) is 3. The van der Waals surface area contributed by atoms with Crippen LogP contribution in [0.3, 0.4) is 0 Å². The van der Waals surface area contributed by atoms with Gasteiger partial charge in [-0.2, -0.15) is 0 Å². The lowest BCUT2D eigenvalue weighted by molar-refractivity contribution is -0.133. The summed E-state index contributed by atoms with van der Waals surface area (Å²) in [5.41, 5.74) is 5.43. The minimum absolute atomic E-state index is 0.000534. The van der Waals surface area contributed by atoms with Gasteiger partial charge in [-0.3, -0.25) is 9.59 Å². The minimum Gasteiger partial charge on any atom is -0.347 e.